The van der Waals surface area contributed by atoms with Crippen molar-refractivity contribution in [3.05, 3.63) is 101 Å². The molecule has 33 heavy (non-hydrogen) atoms. The van der Waals surface area contributed by atoms with Gasteiger partial charge in [-0.2, -0.15) is 0 Å². The Bertz CT molecular complexity index is 1130. The van der Waals surface area contributed by atoms with Crippen LogP contribution >= 0.6 is 0 Å². The van der Waals surface area contributed by atoms with Gasteiger partial charge in [-0.15, -0.1) is 0 Å². The molecule has 0 saturated carbocycles. The summed E-state index contributed by atoms with van der Waals surface area (Å²) in [7, 11) is 0. The normalized spacial score (nSPS) is 15.8. The molecular weight excluding hydrogens is 416 g/mol. The Labute approximate surface area is 192 Å². The molecule has 0 radical (unpaired) electrons. The lowest BCUT2D eigenvalue weighted by atomic mass is 9.99. The van der Waals surface area contributed by atoms with E-state index in [1.807, 2.05) is 73.7 Å². The Balaban J connectivity index is 1.41. The maximum absolute atomic E-state index is 13.0. The molecule has 0 bridgehead atoms. The number of carbonyl (C=O) groups excluding carboxylic acids is 2. The lowest BCUT2D eigenvalue weighted by Gasteiger charge is -2.20. The second kappa shape index (κ2) is 10.5. The highest BCUT2D eigenvalue weighted by Crippen LogP contribution is 2.19. The van der Waals surface area contributed by atoms with Crippen molar-refractivity contribution in [3.63, 3.8) is 0 Å². The van der Waals surface area contributed by atoms with Gasteiger partial charge in [0.15, 0.2) is 0 Å². The monoisotopic (exact) mass is 442 g/mol. The van der Waals surface area contributed by atoms with Crippen molar-refractivity contribution in [2.45, 2.75) is 38.5 Å². The number of nitrogens with one attached hydrogen (secondary N) is 2. The highest BCUT2D eigenvalue weighted by atomic mass is 16.6. The molecule has 0 aliphatic carbocycles. The zero-order valence-corrected chi connectivity index (χ0v) is 18.4. The van der Waals surface area contributed by atoms with Crippen molar-refractivity contribution in [2.24, 2.45) is 5.16 Å². The molecule has 7 nitrogen and oxygen atoms in total. The second-order valence-corrected chi connectivity index (χ2v) is 7.98. The van der Waals surface area contributed by atoms with Crippen LogP contribution in [0.2, 0.25) is 0 Å². The van der Waals surface area contributed by atoms with Crippen LogP contribution in [0.5, 0.6) is 0 Å². The van der Waals surface area contributed by atoms with Crippen LogP contribution < -0.4 is 10.6 Å². The van der Waals surface area contributed by atoms with E-state index >= 15 is 0 Å². The molecule has 4 rings (SSSR count). The van der Waals surface area contributed by atoms with Gasteiger partial charge in [0.2, 0.25) is 12.0 Å². The van der Waals surface area contributed by atoms with Gasteiger partial charge in [-0.3, -0.25) is 14.6 Å². The number of pyridine rings is 1. The summed E-state index contributed by atoms with van der Waals surface area (Å²) in [5, 5.41) is 9.89. The van der Waals surface area contributed by atoms with Crippen molar-refractivity contribution in [3.8, 4) is 0 Å². The van der Waals surface area contributed by atoms with Crippen molar-refractivity contribution >= 4 is 17.5 Å². The summed E-state index contributed by atoms with van der Waals surface area (Å²) < 4.78 is 0. The smallest absolute Gasteiger partial charge is 0.265 e. The number of rotatable bonds is 8. The molecule has 2 N–H and O–H groups in total. The van der Waals surface area contributed by atoms with Crippen molar-refractivity contribution < 1.29 is 14.4 Å². The van der Waals surface area contributed by atoms with Gasteiger partial charge in [0, 0.05) is 37.3 Å². The highest BCUT2D eigenvalue weighted by Gasteiger charge is 2.32. The second-order valence-electron chi connectivity index (χ2n) is 7.98. The van der Waals surface area contributed by atoms with Gasteiger partial charge >= 0.3 is 0 Å². The molecular formula is C26H26N4O3. The van der Waals surface area contributed by atoms with Gasteiger partial charge in [0.05, 0.1) is 5.71 Å². The standard InChI is InChI=1S/C26H26N4O3/c1-18-8-5-6-12-21(18)22-15-24(33-30-22)26(32)29-23(14-19-9-3-2-4-10-19)25(31)28-17-20-11-7-13-27-16-20/h2-13,16,23-24H,14-15,17H2,1H3,(H,28,31)(H,29,32). The summed E-state index contributed by atoms with van der Waals surface area (Å²) in [5.41, 5.74) is 4.59. The molecule has 2 heterocycles. The molecule has 1 aromatic heterocycles. The van der Waals surface area contributed by atoms with Crippen LogP contribution in [0.4, 0.5) is 0 Å². The Morgan fingerprint density at radius 1 is 1.03 bits per heavy atom. The van der Waals surface area contributed by atoms with Gasteiger partial charge in [-0.05, 0) is 29.7 Å². The van der Waals surface area contributed by atoms with E-state index in [1.165, 1.54) is 0 Å². The number of aromatic nitrogens is 1. The molecule has 2 atom stereocenters. The van der Waals surface area contributed by atoms with Crippen LogP contribution in [-0.2, 0) is 27.4 Å². The number of benzene rings is 2. The Morgan fingerprint density at radius 2 is 1.79 bits per heavy atom. The number of hydrogen-bond acceptors (Lipinski definition) is 5. The third-order valence-electron chi connectivity index (χ3n) is 5.52. The van der Waals surface area contributed by atoms with Crippen molar-refractivity contribution in [1.29, 1.82) is 0 Å². The first-order chi connectivity index (χ1) is 16.1. The van der Waals surface area contributed by atoms with E-state index in [4.69, 9.17) is 4.84 Å². The molecule has 0 saturated heterocycles. The fraction of sp³-hybridized carbons (Fsp3) is 0.231. The van der Waals surface area contributed by atoms with Gasteiger partial charge in [-0.1, -0.05) is 65.8 Å². The maximum atomic E-state index is 13.0. The molecule has 7 heteroatoms. The Hall–Kier alpha value is -4.00. The molecule has 1 aliphatic heterocycles. The molecule has 2 unspecified atom stereocenters. The molecule has 168 valence electrons. The predicted molar refractivity (Wildman–Crippen MR) is 125 cm³/mol. The van der Waals surface area contributed by atoms with Crippen molar-refractivity contribution in [2.75, 3.05) is 0 Å². The lowest BCUT2D eigenvalue weighted by molar-refractivity contribution is -0.135. The van der Waals surface area contributed by atoms with E-state index in [1.54, 1.807) is 12.4 Å². The highest BCUT2D eigenvalue weighted by molar-refractivity contribution is 6.05. The van der Waals surface area contributed by atoms with Crippen LogP contribution in [0.15, 0.2) is 84.3 Å². The van der Waals surface area contributed by atoms with Gasteiger partial charge in [-0.25, -0.2) is 0 Å². The molecule has 2 amide bonds. The zero-order valence-electron chi connectivity index (χ0n) is 18.4. The molecule has 0 spiro atoms. The van der Waals surface area contributed by atoms with E-state index in [0.29, 0.717) is 19.4 Å². The topological polar surface area (TPSA) is 92.7 Å². The number of nitrogens with zero attached hydrogens (tertiary/aromatic N) is 2. The summed E-state index contributed by atoms with van der Waals surface area (Å²) in [6.07, 6.45) is 3.32. The zero-order chi connectivity index (χ0) is 23.0. The first kappa shape index (κ1) is 22.2. The number of carbonyl (C=O) groups is 2. The van der Waals surface area contributed by atoms with Gasteiger partial charge < -0.3 is 15.5 Å². The maximum Gasteiger partial charge on any atom is 0.265 e. The minimum absolute atomic E-state index is 0.269. The van der Waals surface area contributed by atoms with Crippen LogP contribution in [-0.4, -0.2) is 34.7 Å². The molecule has 2 aromatic carbocycles. The summed E-state index contributed by atoms with van der Waals surface area (Å²) in [5.74, 6) is -0.631. The van der Waals surface area contributed by atoms with E-state index in [-0.39, 0.29) is 11.8 Å². The number of amides is 2. The Morgan fingerprint density at radius 3 is 2.55 bits per heavy atom. The van der Waals surface area contributed by atoms with Crippen molar-refractivity contribution in [1.82, 2.24) is 15.6 Å². The summed E-state index contributed by atoms with van der Waals surface area (Å²) >= 11 is 0. The predicted octanol–water partition coefficient (Wildman–Crippen LogP) is 2.93. The molecule has 0 fully saturated rings. The quantitative estimate of drug-likeness (QED) is 0.561. The van der Waals surface area contributed by atoms with Crippen LogP contribution in [0.3, 0.4) is 0 Å². The number of oxime groups is 1. The third-order valence-corrected chi connectivity index (χ3v) is 5.52. The summed E-state index contributed by atoms with van der Waals surface area (Å²) in [4.78, 5) is 35.5. The lowest BCUT2D eigenvalue weighted by Crippen LogP contribution is -2.50. The van der Waals surface area contributed by atoms with Gasteiger partial charge in [0.1, 0.15) is 6.04 Å². The third kappa shape index (κ3) is 5.83. The molecule has 3 aromatic rings. The molecule has 1 aliphatic rings. The first-order valence-electron chi connectivity index (χ1n) is 10.9. The summed E-state index contributed by atoms with van der Waals surface area (Å²) in [6.45, 7) is 2.32. The van der Waals surface area contributed by atoms with Crippen LogP contribution in [0, 0.1) is 6.92 Å². The van der Waals surface area contributed by atoms with E-state index in [2.05, 4.69) is 20.8 Å². The van der Waals surface area contributed by atoms with E-state index in [9.17, 15) is 9.59 Å². The number of hydrogen-bond donors (Lipinski definition) is 2. The Kier molecular flexibility index (Phi) is 7.09. The average Bonchev–Trinajstić information content (AvgIpc) is 3.34. The fourth-order valence-corrected chi connectivity index (χ4v) is 3.71. The minimum atomic E-state index is -0.774. The average molecular weight is 443 g/mol. The van der Waals surface area contributed by atoms with Crippen LogP contribution in [0.25, 0.3) is 0 Å². The summed E-state index contributed by atoms with van der Waals surface area (Å²) in [6, 6.07) is 20.4. The minimum Gasteiger partial charge on any atom is -0.382 e. The first-order valence-corrected chi connectivity index (χ1v) is 10.9. The van der Waals surface area contributed by atoms with E-state index < -0.39 is 12.1 Å². The van der Waals surface area contributed by atoms with Gasteiger partial charge in [0.25, 0.3) is 5.91 Å². The largest absolute Gasteiger partial charge is 0.382 e. The SMILES string of the molecule is Cc1ccccc1C1=NOC(C(=O)NC(Cc2ccccc2)C(=O)NCc2cccnc2)C1. The number of aryl methyl sites for hydroxylation is 1. The van der Waals surface area contributed by atoms with E-state index in [0.717, 1.165) is 28.0 Å². The fourth-order valence-electron chi connectivity index (χ4n) is 3.71. The van der Waals surface area contributed by atoms with Crippen LogP contribution in [0.1, 0.15) is 28.7 Å².